The third kappa shape index (κ3) is 5.90. The Bertz CT molecular complexity index is 2030. The summed E-state index contributed by atoms with van der Waals surface area (Å²) in [7, 11) is 0. The molecule has 0 saturated carbocycles. The molecule has 1 aliphatic heterocycles. The minimum atomic E-state index is -0.615. The standard InChI is InChI=1S/C31H37N11O5/c1-3-41-22(10-16(2)39-41)29(45)38-31-37-21-12-18(28(34)44)14-24-26(21)42(31)19(15-47-24)6-4-8-40-25-20(36-30(40)35)11-17(27(33)43)13-23(25)46-9-5-7-32/h10-14,19H,3-9,15,32H2,1-2H3,(H2,33,43)(H2,34,44)(H2,35,36)(H,37,38,45)/t19-/m0/s1. The SMILES string of the molecule is CCn1nc(C)cc1C(=O)Nc1nc2cc(C(N)=O)cc3c2n1[C@@H](CCCn1c(N)nc2cc(C(N)=O)cc(OCCCN)c21)CO3. The van der Waals surface area contributed by atoms with Crippen LogP contribution in [0.25, 0.3) is 22.1 Å². The van der Waals surface area contributed by atoms with Crippen LogP contribution < -0.4 is 37.7 Å². The molecule has 3 amide bonds. The predicted octanol–water partition coefficient (Wildman–Crippen LogP) is 2.08. The molecule has 0 bridgehead atoms. The van der Waals surface area contributed by atoms with Crippen molar-refractivity contribution in [1.29, 1.82) is 0 Å². The molecule has 246 valence electrons. The number of aryl methyl sites for hydroxylation is 3. The fourth-order valence-corrected chi connectivity index (χ4v) is 5.98. The van der Waals surface area contributed by atoms with Crippen LogP contribution in [-0.4, -0.2) is 66.4 Å². The van der Waals surface area contributed by atoms with Gasteiger partial charge < -0.3 is 41.5 Å². The van der Waals surface area contributed by atoms with Gasteiger partial charge in [-0.1, -0.05) is 0 Å². The summed E-state index contributed by atoms with van der Waals surface area (Å²) in [6.07, 6.45) is 1.83. The van der Waals surface area contributed by atoms with Gasteiger partial charge in [0, 0.05) is 24.2 Å². The van der Waals surface area contributed by atoms with E-state index in [0.29, 0.717) is 90.7 Å². The number of fused-ring (bicyclic) bond motifs is 1. The van der Waals surface area contributed by atoms with Gasteiger partial charge in [0.15, 0.2) is 0 Å². The zero-order valence-corrected chi connectivity index (χ0v) is 26.2. The van der Waals surface area contributed by atoms with Crippen LogP contribution in [0.15, 0.2) is 30.3 Å². The number of carbonyl (C=O) groups excluding carboxylic acids is 3. The van der Waals surface area contributed by atoms with Crippen LogP contribution in [-0.2, 0) is 13.1 Å². The summed E-state index contributed by atoms with van der Waals surface area (Å²) in [5.74, 6) is -0.124. The number of rotatable bonds is 13. The molecule has 0 spiro atoms. The first-order valence-corrected chi connectivity index (χ1v) is 15.4. The third-order valence-electron chi connectivity index (χ3n) is 8.14. The van der Waals surface area contributed by atoms with Crippen molar-refractivity contribution in [2.45, 2.75) is 52.2 Å². The van der Waals surface area contributed by atoms with Gasteiger partial charge in [-0.15, -0.1) is 0 Å². The summed E-state index contributed by atoms with van der Waals surface area (Å²) in [4.78, 5) is 46.7. The van der Waals surface area contributed by atoms with Gasteiger partial charge in [-0.05, 0) is 70.0 Å². The van der Waals surface area contributed by atoms with Gasteiger partial charge >= 0.3 is 0 Å². The van der Waals surface area contributed by atoms with E-state index in [2.05, 4.69) is 15.4 Å². The lowest BCUT2D eigenvalue weighted by molar-refractivity contribution is 0.0991. The van der Waals surface area contributed by atoms with Crippen LogP contribution in [0.4, 0.5) is 11.9 Å². The molecule has 47 heavy (non-hydrogen) atoms. The van der Waals surface area contributed by atoms with Crippen LogP contribution in [0.2, 0.25) is 0 Å². The largest absolute Gasteiger partial charge is 0.491 e. The second-order valence-electron chi connectivity index (χ2n) is 11.4. The molecular formula is C31H37N11O5. The van der Waals surface area contributed by atoms with Crippen molar-refractivity contribution in [2.75, 3.05) is 30.8 Å². The van der Waals surface area contributed by atoms with Crippen molar-refractivity contribution in [3.8, 4) is 11.5 Å². The summed E-state index contributed by atoms with van der Waals surface area (Å²) >= 11 is 0. The second kappa shape index (κ2) is 12.6. The number of aromatic nitrogens is 6. The Morgan fingerprint density at radius 2 is 1.74 bits per heavy atom. The molecule has 0 saturated heterocycles. The highest BCUT2D eigenvalue weighted by atomic mass is 16.5. The van der Waals surface area contributed by atoms with Crippen LogP contribution in [0.3, 0.4) is 0 Å². The van der Waals surface area contributed by atoms with Crippen LogP contribution in [0, 0.1) is 6.92 Å². The summed E-state index contributed by atoms with van der Waals surface area (Å²) in [5, 5.41) is 7.34. The Morgan fingerprint density at radius 1 is 1.02 bits per heavy atom. The fourth-order valence-electron chi connectivity index (χ4n) is 5.98. The molecule has 0 fully saturated rings. The molecule has 9 N–H and O–H groups in total. The van der Waals surface area contributed by atoms with E-state index in [0.717, 1.165) is 5.69 Å². The molecule has 3 aromatic heterocycles. The topological polar surface area (TPSA) is 239 Å². The average Bonchev–Trinajstić information content (AvgIpc) is 3.70. The fraction of sp³-hybridized carbons (Fsp3) is 0.355. The quantitative estimate of drug-likeness (QED) is 0.117. The maximum Gasteiger partial charge on any atom is 0.276 e. The van der Waals surface area contributed by atoms with E-state index in [1.807, 2.05) is 23.0 Å². The molecular weight excluding hydrogens is 606 g/mol. The number of amides is 3. The van der Waals surface area contributed by atoms with Gasteiger partial charge in [0.05, 0.1) is 29.4 Å². The molecule has 16 heteroatoms. The number of nitrogens with two attached hydrogens (primary N) is 4. The molecule has 1 atom stereocenters. The number of anilines is 2. The van der Waals surface area contributed by atoms with Crippen molar-refractivity contribution in [3.05, 3.63) is 52.8 Å². The Balaban J connectivity index is 1.31. The van der Waals surface area contributed by atoms with E-state index in [4.69, 9.17) is 37.4 Å². The van der Waals surface area contributed by atoms with Gasteiger partial charge in [0.1, 0.15) is 34.8 Å². The zero-order valence-electron chi connectivity index (χ0n) is 26.2. The smallest absolute Gasteiger partial charge is 0.276 e. The lowest BCUT2D eigenvalue weighted by Crippen LogP contribution is -2.26. The number of primary amides is 2. The highest BCUT2D eigenvalue weighted by Crippen LogP contribution is 2.39. The molecule has 0 unspecified atom stereocenters. The maximum atomic E-state index is 13.5. The molecule has 0 radical (unpaired) electrons. The summed E-state index contributed by atoms with van der Waals surface area (Å²) in [6.45, 7) is 5.76. The molecule has 6 rings (SSSR count). The highest BCUT2D eigenvalue weighted by molar-refractivity contribution is 6.04. The normalized spacial score (nSPS) is 14.0. The lowest BCUT2D eigenvalue weighted by atomic mass is 10.1. The molecule has 0 aliphatic carbocycles. The first-order chi connectivity index (χ1) is 22.6. The van der Waals surface area contributed by atoms with Crippen molar-refractivity contribution >= 4 is 51.7 Å². The monoisotopic (exact) mass is 643 g/mol. The Morgan fingerprint density at radius 3 is 2.45 bits per heavy atom. The number of imidazole rings is 2. The summed E-state index contributed by atoms with van der Waals surface area (Å²) in [6, 6.07) is 7.84. The molecule has 5 aromatic rings. The Labute approximate surface area is 269 Å². The van der Waals surface area contributed by atoms with Crippen LogP contribution in [0.5, 0.6) is 11.5 Å². The highest BCUT2D eigenvalue weighted by Gasteiger charge is 2.30. The number of carbonyl (C=O) groups is 3. The summed E-state index contributed by atoms with van der Waals surface area (Å²) < 4.78 is 17.5. The van der Waals surface area contributed by atoms with Crippen LogP contribution >= 0.6 is 0 Å². The maximum absolute atomic E-state index is 13.5. The van der Waals surface area contributed by atoms with E-state index in [9.17, 15) is 14.4 Å². The lowest BCUT2D eigenvalue weighted by Gasteiger charge is -2.27. The minimum Gasteiger partial charge on any atom is -0.491 e. The Hall–Kier alpha value is -5.64. The summed E-state index contributed by atoms with van der Waals surface area (Å²) in [5.41, 5.74) is 27.0. The van der Waals surface area contributed by atoms with Crippen molar-refractivity contribution < 1.29 is 23.9 Å². The number of ether oxygens (including phenoxy) is 2. The van der Waals surface area contributed by atoms with Crippen molar-refractivity contribution in [3.63, 3.8) is 0 Å². The second-order valence-corrected chi connectivity index (χ2v) is 11.4. The molecule has 16 nitrogen and oxygen atoms in total. The average molecular weight is 644 g/mol. The zero-order chi connectivity index (χ0) is 33.4. The number of nitrogens with one attached hydrogen (secondary N) is 1. The third-order valence-corrected chi connectivity index (χ3v) is 8.14. The van der Waals surface area contributed by atoms with E-state index >= 15 is 0 Å². The Kier molecular flexibility index (Phi) is 8.42. The van der Waals surface area contributed by atoms with E-state index in [-0.39, 0.29) is 35.6 Å². The first kappa shape index (κ1) is 31.3. The number of hydrogen-bond acceptors (Lipinski definition) is 10. The molecule has 4 heterocycles. The molecule has 2 aromatic carbocycles. The number of nitrogens with zero attached hydrogens (tertiary/aromatic N) is 6. The van der Waals surface area contributed by atoms with E-state index in [1.165, 1.54) is 0 Å². The number of benzene rings is 2. The predicted molar refractivity (Wildman–Crippen MR) is 174 cm³/mol. The number of nitrogen functional groups attached to an aromatic ring is 1. The van der Waals surface area contributed by atoms with Crippen molar-refractivity contribution in [2.24, 2.45) is 17.2 Å². The van der Waals surface area contributed by atoms with Gasteiger partial charge in [-0.25, -0.2) is 9.97 Å². The van der Waals surface area contributed by atoms with Crippen molar-refractivity contribution in [1.82, 2.24) is 28.9 Å². The van der Waals surface area contributed by atoms with E-state index in [1.54, 1.807) is 35.0 Å². The minimum absolute atomic E-state index is 0.238. The van der Waals surface area contributed by atoms with Gasteiger partial charge in [-0.2, -0.15) is 5.10 Å². The van der Waals surface area contributed by atoms with Crippen LogP contribution in [0.1, 0.15) is 69.1 Å². The van der Waals surface area contributed by atoms with Gasteiger partial charge in [0.25, 0.3) is 5.91 Å². The number of hydrogen-bond donors (Lipinski definition) is 5. The first-order valence-electron chi connectivity index (χ1n) is 15.4. The van der Waals surface area contributed by atoms with Gasteiger partial charge in [0.2, 0.25) is 23.7 Å². The van der Waals surface area contributed by atoms with E-state index < -0.39 is 11.8 Å². The molecule has 1 aliphatic rings. The van der Waals surface area contributed by atoms with Gasteiger partial charge in [-0.3, -0.25) is 24.4 Å².